The Balaban J connectivity index is 2.44. The molecule has 0 aromatic carbocycles. The van der Waals surface area contributed by atoms with Crippen LogP contribution in [0.1, 0.15) is 20.3 Å². The first-order chi connectivity index (χ1) is 5.58. The van der Waals surface area contributed by atoms with Gasteiger partial charge in [0.15, 0.2) is 11.3 Å². The van der Waals surface area contributed by atoms with Gasteiger partial charge in [-0.25, -0.2) is 0 Å². The number of esters is 1. The third-order valence-electron chi connectivity index (χ3n) is 1.55. The maximum Gasteiger partial charge on any atom is 0.304 e. The maximum absolute atomic E-state index is 10.6. The Hall–Kier alpha value is -0.840. The normalized spacial score (nSPS) is 28.7. The van der Waals surface area contributed by atoms with Crippen LogP contribution >= 0.6 is 12.2 Å². The van der Waals surface area contributed by atoms with Gasteiger partial charge in [0.1, 0.15) is 0 Å². The minimum atomic E-state index is -0.288. The minimum Gasteiger partial charge on any atom is -0.442 e. The maximum atomic E-state index is 10.6. The van der Waals surface area contributed by atoms with E-state index in [-0.39, 0.29) is 18.2 Å². The highest BCUT2D eigenvalue weighted by molar-refractivity contribution is 7.80. The van der Waals surface area contributed by atoms with Gasteiger partial charge in [-0.3, -0.25) is 4.79 Å². The average Bonchev–Trinajstić information content (AvgIpc) is 1.81. The van der Waals surface area contributed by atoms with Gasteiger partial charge in [0.05, 0.1) is 0 Å². The topological polar surface area (TPSA) is 50.4 Å². The summed E-state index contributed by atoms with van der Waals surface area (Å²) in [7, 11) is 0. The van der Waals surface area contributed by atoms with E-state index in [1.165, 1.54) is 6.92 Å². The Bertz CT molecular complexity index is 206. The van der Waals surface area contributed by atoms with Crippen LogP contribution in [0.3, 0.4) is 0 Å². The lowest BCUT2D eigenvalue weighted by molar-refractivity contribution is -0.147. The minimum absolute atomic E-state index is 0.253. The molecule has 0 spiro atoms. The molecule has 1 aliphatic heterocycles. The largest absolute Gasteiger partial charge is 0.442 e. The molecule has 1 saturated heterocycles. The molecule has 1 heterocycles. The highest BCUT2D eigenvalue weighted by atomic mass is 32.1. The van der Waals surface area contributed by atoms with Crippen LogP contribution in [-0.2, 0) is 9.53 Å². The quantitative estimate of drug-likeness (QED) is 0.452. The molecule has 0 unspecified atom stereocenters. The molecule has 1 aliphatic rings. The van der Waals surface area contributed by atoms with Crippen LogP contribution in [-0.4, -0.2) is 23.4 Å². The van der Waals surface area contributed by atoms with Gasteiger partial charge in [-0.1, -0.05) is 0 Å². The Morgan fingerprint density at radius 3 is 2.83 bits per heavy atom. The van der Waals surface area contributed by atoms with Crippen molar-refractivity contribution in [3.8, 4) is 0 Å². The van der Waals surface area contributed by atoms with Gasteiger partial charge in [0.25, 0.3) is 0 Å². The van der Waals surface area contributed by atoms with E-state index in [4.69, 9.17) is 17.0 Å². The van der Waals surface area contributed by atoms with Crippen LogP contribution in [0.15, 0.2) is 0 Å². The predicted molar refractivity (Wildman–Crippen MR) is 48.5 cm³/mol. The fourth-order valence-corrected chi connectivity index (χ4v) is 1.46. The summed E-state index contributed by atoms with van der Waals surface area (Å²) in [5.74, 6) is -0.288. The lowest BCUT2D eigenvalue weighted by atomic mass is 10.2. The van der Waals surface area contributed by atoms with E-state index in [0.29, 0.717) is 5.11 Å². The zero-order valence-electron chi connectivity index (χ0n) is 7.09. The van der Waals surface area contributed by atoms with Crippen molar-refractivity contribution in [2.75, 3.05) is 0 Å². The summed E-state index contributed by atoms with van der Waals surface area (Å²) in [6.07, 6.45) is 0.464. The zero-order valence-corrected chi connectivity index (χ0v) is 7.90. The number of hydrogen-bond donors (Lipinski definition) is 2. The molecule has 0 saturated carbocycles. The van der Waals surface area contributed by atoms with Gasteiger partial charge >= 0.3 is 5.97 Å². The predicted octanol–water partition coefficient (Wildman–Crippen LogP) is 0.132. The van der Waals surface area contributed by atoms with Crippen LogP contribution < -0.4 is 10.6 Å². The number of carbonyl (C=O) groups excluding carboxylic acids is 1. The van der Waals surface area contributed by atoms with E-state index < -0.39 is 0 Å². The summed E-state index contributed by atoms with van der Waals surface area (Å²) in [4.78, 5) is 10.6. The van der Waals surface area contributed by atoms with Crippen LogP contribution in [0.2, 0.25) is 0 Å². The molecular formula is C7H12N2O2S. The van der Waals surface area contributed by atoms with Crippen molar-refractivity contribution in [2.45, 2.75) is 32.5 Å². The molecule has 0 amide bonds. The van der Waals surface area contributed by atoms with Crippen molar-refractivity contribution in [1.82, 2.24) is 10.6 Å². The number of thiocarbonyl (C=S) groups is 1. The van der Waals surface area contributed by atoms with E-state index in [2.05, 4.69) is 10.6 Å². The molecule has 12 heavy (non-hydrogen) atoms. The highest BCUT2D eigenvalue weighted by Crippen LogP contribution is 2.05. The number of carbonyl (C=O) groups is 1. The Kier molecular flexibility index (Phi) is 2.86. The number of ether oxygens (including phenoxy) is 1. The average molecular weight is 188 g/mol. The number of nitrogens with one attached hydrogen (secondary N) is 2. The number of hydrogen-bond acceptors (Lipinski definition) is 3. The fraction of sp³-hybridized carbons (Fsp3) is 0.714. The van der Waals surface area contributed by atoms with E-state index in [0.717, 1.165) is 6.42 Å². The molecule has 0 radical (unpaired) electrons. The zero-order chi connectivity index (χ0) is 9.14. The van der Waals surface area contributed by atoms with Crippen molar-refractivity contribution in [3.05, 3.63) is 0 Å². The van der Waals surface area contributed by atoms with Crippen LogP contribution in [0.4, 0.5) is 0 Å². The van der Waals surface area contributed by atoms with E-state index in [1.807, 2.05) is 6.92 Å². The second kappa shape index (κ2) is 3.71. The summed E-state index contributed by atoms with van der Waals surface area (Å²) in [5, 5.41) is 6.41. The molecule has 1 fully saturated rings. The van der Waals surface area contributed by atoms with E-state index in [1.54, 1.807) is 0 Å². The smallest absolute Gasteiger partial charge is 0.304 e. The van der Waals surface area contributed by atoms with Crippen molar-refractivity contribution in [2.24, 2.45) is 0 Å². The molecule has 0 aromatic rings. The van der Waals surface area contributed by atoms with Gasteiger partial charge in [-0.15, -0.1) is 0 Å². The molecular weight excluding hydrogens is 176 g/mol. The second-order valence-electron chi connectivity index (χ2n) is 2.85. The van der Waals surface area contributed by atoms with Crippen LogP contribution in [0.5, 0.6) is 0 Å². The number of rotatable bonds is 1. The van der Waals surface area contributed by atoms with Gasteiger partial charge < -0.3 is 15.4 Å². The molecule has 0 bridgehead atoms. The van der Waals surface area contributed by atoms with E-state index in [9.17, 15) is 4.79 Å². The van der Waals surface area contributed by atoms with Gasteiger partial charge in [0, 0.05) is 19.4 Å². The summed E-state index contributed by atoms with van der Waals surface area (Å²) < 4.78 is 4.95. The standard InChI is InChI=1S/C7H12N2O2S/c1-4-3-6(11-5(2)10)9-7(12)8-4/h4,6H,3H2,1-2H3,(H2,8,9,12)/t4-,6-/m0/s1. The van der Waals surface area contributed by atoms with Gasteiger partial charge in [0.2, 0.25) is 0 Å². The summed E-state index contributed by atoms with van der Waals surface area (Å²) in [5.41, 5.74) is 0. The Labute approximate surface area is 76.7 Å². The fourth-order valence-electron chi connectivity index (χ4n) is 1.13. The van der Waals surface area contributed by atoms with Crippen molar-refractivity contribution in [3.63, 3.8) is 0 Å². The molecule has 68 valence electrons. The first-order valence-electron chi connectivity index (χ1n) is 3.82. The van der Waals surface area contributed by atoms with Gasteiger partial charge in [-0.2, -0.15) is 0 Å². The van der Waals surface area contributed by atoms with Crippen molar-refractivity contribution >= 4 is 23.3 Å². The van der Waals surface area contributed by atoms with Gasteiger partial charge in [-0.05, 0) is 19.1 Å². The summed E-state index contributed by atoms with van der Waals surface area (Å²) in [6, 6.07) is 0.253. The van der Waals surface area contributed by atoms with Crippen molar-refractivity contribution < 1.29 is 9.53 Å². The summed E-state index contributed by atoms with van der Waals surface area (Å²) >= 11 is 4.90. The van der Waals surface area contributed by atoms with Crippen LogP contribution in [0, 0.1) is 0 Å². The first-order valence-corrected chi connectivity index (χ1v) is 4.23. The van der Waals surface area contributed by atoms with Crippen LogP contribution in [0.25, 0.3) is 0 Å². The van der Waals surface area contributed by atoms with E-state index >= 15 is 0 Å². The lowest BCUT2D eigenvalue weighted by Gasteiger charge is -2.30. The third-order valence-corrected chi connectivity index (χ3v) is 1.78. The second-order valence-corrected chi connectivity index (χ2v) is 3.26. The molecule has 4 nitrogen and oxygen atoms in total. The molecule has 2 atom stereocenters. The third kappa shape index (κ3) is 2.65. The Morgan fingerprint density at radius 1 is 1.67 bits per heavy atom. The molecule has 0 aliphatic carbocycles. The molecule has 0 aromatic heterocycles. The summed E-state index contributed by atoms with van der Waals surface area (Å²) in [6.45, 7) is 3.38. The molecule has 2 N–H and O–H groups in total. The highest BCUT2D eigenvalue weighted by Gasteiger charge is 2.22. The monoisotopic (exact) mass is 188 g/mol. The molecule has 5 heteroatoms. The van der Waals surface area contributed by atoms with Crippen molar-refractivity contribution in [1.29, 1.82) is 0 Å². The molecule has 1 rings (SSSR count). The first kappa shape index (κ1) is 9.25. The Morgan fingerprint density at radius 2 is 2.33 bits per heavy atom. The lowest BCUT2D eigenvalue weighted by Crippen LogP contribution is -2.54. The SMILES string of the molecule is CC(=O)O[C@H]1C[C@H](C)NC(=S)N1.